The van der Waals surface area contributed by atoms with Crippen molar-refractivity contribution < 1.29 is 0 Å². The quantitative estimate of drug-likeness (QED) is 0.885. The average Bonchev–Trinajstić information content (AvgIpc) is 3.02. The predicted octanol–water partition coefficient (Wildman–Crippen LogP) is 4.09. The first-order chi connectivity index (χ1) is 11.6. The number of aryl methyl sites for hydroxylation is 2. The van der Waals surface area contributed by atoms with Gasteiger partial charge in [-0.15, -0.1) is 0 Å². The maximum absolute atomic E-state index is 6.27. The highest BCUT2D eigenvalue weighted by Gasteiger charge is 2.23. The number of rotatable bonds is 5. The first-order valence-corrected chi connectivity index (χ1v) is 9.21. The highest BCUT2D eigenvalue weighted by molar-refractivity contribution is 6.31. The van der Waals surface area contributed by atoms with Crippen LogP contribution in [0.25, 0.3) is 0 Å². The molecule has 1 aliphatic rings. The summed E-state index contributed by atoms with van der Waals surface area (Å²) in [6.45, 7) is 6.41. The number of benzene rings is 1. The van der Waals surface area contributed by atoms with Crippen molar-refractivity contribution in [1.29, 1.82) is 0 Å². The largest absolute Gasteiger partial charge is 0.371 e. The molecule has 1 unspecified atom stereocenters. The van der Waals surface area contributed by atoms with Gasteiger partial charge in [0.15, 0.2) is 0 Å². The highest BCUT2D eigenvalue weighted by Crippen LogP contribution is 2.26. The zero-order chi connectivity index (χ0) is 17.1. The van der Waals surface area contributed by atoms with Gasteiger partial charge in [0, 0.05) is 49.1 Å². The van der Waals surface area contributed by atoms with Gasteiger partial charge < -0.3 is 10.2 Å². The Hall–Kier alpha value is -1.52. The summed E-state index contributed by atoms with van der Waals surface area (Å²) in [6.07, 6.45) is 5.26. The van der Waals surface area contributed by atoms with Gasteiger partial charge in [-0.05, 0) is 49.9 Å². The molecule has 1 aliphatic heterocycles. The summed E-state index contributed by atoms with van der Waals surface area (Å²) in [5.41, 5.74) is 3.65. The Morgan fingerprint density at radius 1 is 1.29 bits per heavy atom. The van der Waals surface area contributed by atoms with Crippen molar-refractivity contribution in [2.45, 2.75) is 45.2 Å². The smallest absolute Gasteiger partial charge is 0.0550 e. The molecule has 0 radical (unpaired) electrons. The van der Waals surface area contributed by atoms with Crippen LogP contribution in [0, 0.1) is 6.92 Å². The van der Waals surface area contributed by atoms with E-state index in [4.69, 9.17) is 11.6 Å². The Balaban J connectivity index is 1.58. The normalized spacial score (nSPS) is 17.2. The fourth-order valence-corrected chi connectivity index (χ4v) is 3.68. The lowest BCUT2D eigenvalue weighted by atomic mass is 10.0. The minimum Gasteiger partial charge on any atom is -0.371 e. The van der Waals surface area contributed by atoms with E-state index in [9.17, 15) is 0 Å². The van der Waals surface area contributed by atoms with E-state index in [1.807, 2.05) is 24.9 Å². The van der Waals surface area contributed by atoms with Crippen LogP contribution in [0.1, 0.15) is 43.5 Å². The van der Waals surface area contributed by atoms with Crippen molar-refractivity contribution in [3.05, 3.63) is 46.7 Å². The molecule has 0 spiro atoms. The van der Waals surface area contributed by atoms with Crippen LogP contribution in [0.15, 0.2) is 30.5 Å². The van der Waals surface area contributed by atoms with Gasteiger partial charge >= 0.3 is 0 Å². The van der Waals surface area contributed by atoms with E-state index in [1.165, 1.54) is 11.4 Å². The number of anilines is 1. The van der Waals surface area contributed by atoms with Gasteiger partial charge in [0.1, 0.15) is 0 Å². The molecule has 1 saturated heterocycles. The summed E-state index contributed by atoms with van der Waals surface area (Å²) in [5, 5.41) is 8.99. The number of nitrogens with zero attached hydrogens (tertiary/aromatic N) is 3. The van der Waals surface area contributed by atoms with E-state index in [0.717, 1.165) is 42.9 Å². The number of piperidine rings is 1. The van der Waals surface area contributed by atoms with Crippen LogP contribution in [-0.4, -0.2) is 28.9 Å². The first kappa shape index (κ1) is 17.3. The summed E-state index contributed by atoms with van der Waals surface area (Å²) in [7, 11) is 2.02. The third kappa shape index (κ3) is 3.76. The molecule has 1 aromatic heterocycles. The van der Waals surface area contributed by atoms with Crippen molar-refractivity contribution in [3.8, 4) is 0 Å². The SMILES string of the molecule is CCC(NC1CCN(c2ccc(C)c(Cl)c2)CC1)c1ccnn1C. The summed E-state index contributed by atoms with van der Waals surface area (Å²) in [6, 6.07) is 9.43. The zero-order valence-electron chi connectivity index (χ0n) is 14.8. The van der Waals surface area contributed by atoms with E-state index in [2.05, 4.69) is 46.5 Å². The number of hydrogen-bond donors (Lipinski definition) is 1. The van der Waals surface area contributed by atoms with E-state index >= 15 is 0 Å². The lowest BCUT2D eigenvalue weighted by Crippen LogP contribution is -2.44. The van der Waals surface area contributed by atoms with Crippen molar-refractivity contribution in [1.82, 2.24) is 15.1 Å². The number of nitrogens with one attached hydrogen (secondary N) is 1. The average molecular weight is 347 g/mol. The minimum absolute atomic E-state index is 0.378. The lowest BCUT2D eigenvalue weighted by Gasteiger charge is -2.36. The molecule has 0 bridgehead atoms. The highest BCUT2D eigenvalue weighted by atomic mass is 35.5. The van der Waals surface area contributed by atoms with Crippen LogP contribution in [0.4, 0.5) is 5.69 Å². The third-order valence-corrected chi connectivity index (χ3v) is 5.48. The minimum atomic E-state index is 0.378. The van der Waals surface area contributed by atoms with E-state index < -0.39 is 0 Å². The molecule has 24 heavy (non-hydrogen) atoms. The Morgan fingerprint density at radius 3 is 2.62 bits per heavy atom. The Kier molecular flexibility index (Phi) is 5.47. The van der Waals surface area contributed by atoms with E-state index in [0.29, 0.717) is 12.1 Å². The molecular formula is C19H27ClN4. The topological polar surface area (TPSA) is 33.1 Å². The zero-order valence-corrected chi connectivity index (χ0v) is 15.6. The fraction of sp³-hybridized carbons (Fsp3) is 0.526. The van der Waals surface area contributed by atoms with Crippen molar-refractivity contribution in [3.63, 3.8) is 0 Å². The van der Waals surface area contributed by atoms with E-state index in [-0.39, 0.29) is 0 Å². The third-order valence-electron chi connectivity index (χ3n) is 5.08. The molecule has 2 aromatic rings. The number of hydrogen-bond acceptors (Lipinski definition) is 3. The molecule has 2 heterocycles. The van der Waals surface area contributed by atoms with Gasteiger partial charge in [-0.3, -0.25) is 4.68 Å². The number of aromatic nitrogens is 2. The van der Waals surface area contributed by atoms with Crippen LogP contribution in [0.5, 0.6) is 0 Å². The van der Waals surface area contributed by atoms with Crippen LogP contribution < -0.4 is 10.2 Å². The molecule has 4 nitrogen and oxygen atoms in total. The van der Waals surface area contributed by atoms with Crippen molar-refractivity contribution in [2.75, 3.05) is 18.0 Å². The molecule has 1 N–H and O–H groups in total. The lowest BCUT2D eigenvalue weighted by molar-refractivity contribution is 0.354. The van der Waals surface area contributed by atoms with Crippen LogP contribution in [0.2, 0.25) is 5.02 Å². The molecule has 5 heteroatoms. The molecular weight excluding hydrogens is 320 g/mol. The molecule has 0 aliphatic carbocycles. The fourth-order valence-electron chi connectivity index (χ4n) is 3.51. The molecule has 0 saturated carbocycles. The molecule has 3 rings (SSSR count). The molecule has 0 amide bonds. The second-order valence-electron chi connectivity index (χ2n) is 6.70. The standard InChI is InChI=1S/C19H27ClN4/c1-4-18(19-7-10-21-23(19)3)22-15-8-11-24(12-9-15)16-6-5-14(2)17(20)13-16/h5-7,10,13,15,18,22H,4,8-9,11-12H2,1-3H3. The second kappa shape index (κ2) is 7.58. The van der Waals surface area contributed by atoms with Crippen molar-refractivity contribution in [2.24, 2.45) is 7.05 Å². The van der Waals surface area contributed by atoms with Crippen molar-refractivity contribution >= 4 is 17.3 Å². The maximum atomic E-state index is 6.27. The molecule has 1 fully saturated rings. The summed E-state index contributed by atoms with van der Waals surface area (Å²) >= 11 is 6.27. The van der Waals surface area contributed by atoms with Gasteiger partial charge in [0.25, 0.3) is 0 Å². The Bertz CT molecular complexity index is 674. The van der Waals surface area contributed by atoms with Gasteiger partial charge in [-0.1, -0.05) is 24.6 Å². The van der Waals surface area contributed by atoms with Crippen LogP contribution in [0.3, 0.4) is 0 Å². The van der Waals surface area contributed by atoms with Gasteiger partial charge in [0.05, 0.1) is 5.69 Å². The Morgan fingerprint density at radius 2 is 2.04 bits per heavy atom. The summed E-state index contributed by atoms with van der Waals surface area (Å²) in [4.78, 5) is 2.44. The predicted molar refractivity (Wildman–Crippen MR) is 101 cm³/mol. The van der Waals surface area contributed by atoms with Crippen LogP contribution in [-0.2, 0) is 7.05 Å². The van der Waals surface area contributed by atoms with Gasteiger partial charge in [-0.2, -0.15) is 5.10 Å². The van der Waals surface area contributed by atoms with Crippen LogP contribution >= 0.6 is 11.6 Å². The number of halogens is 1. The van der Waals surface area contributed by atoms with Gasteiger partial charge in [-0.25, -0.2) is 0 Å². The Labute approximate surface area is 149 Å². The molecule has 1 atom stereocenters. The summed E-state index contributed by atoms with van der Waals surface area (Å²) in [5.74, 6) is 0. The maximum Gasteiger partial charge on any atom is 0.0550 e. The second-order valence-corrected chi connectivity index (χ2v) is 7.11. The summed E-state index contributed by atoms with van der Waals surface area (Å²) < 4.78 is 1.98. The van der Waals surface area contributed by atoms with Gasteiger partial charge in [0.2, 0.25) is 0 Å². The molecule has 1 aromatic carbocycles. The monoisotopic (exact) mass is 346 g/mol. The molecule has 130 valence electrons. The van der Waals surface area contributed by atoms with E-state index in [1.54, 1.807) is 0 Å². The first-order valence-electron chi connectivity index (χ1n) is 8.83.